The largest absolute Gasteiger partial charge is 0.481 e. The topological polar surface area (TPSA) is 179 Å². The summed E-state index contributed by atoms with van der Waals surface area (Å²) in [6.45, 7) is 6.54. The van der Waals surface area contributed by atoms with E-state index in [1.54, 1.807) is 0 Å². The summed E-state index contributed by atoms with van der Waals surface area (Å²) in [5, 5.41) is 34.7. The molecule has 0 aromatic rings. The Morgan fingerprint density at radius 3 is 1.84 bits per heavy atom. The SMILES string of the molecule is O=C(O)CCCC(=O)N[C@]12CNCCN3C[C@]4(NC(=O)CCCC(=O)O)CN(CCNC1)[C@H]3N4CCN2. The zero-order valence-corrected chi connectivity index (χ0v) is 21.3. The number of carboxylic acids is 2. The van der Waals surface area contributed by atoms with Crippen molar-refractivity contribution in [2.24, 2.45) is 0 Å². The van der Waals surface area contributed by atoms with Crippen LogP contribution in [0.2, 0.25) is 0 Å². The van der Waals surface area contributed by atoms with Gasteiger partial charge in [0, 0.05) is 91.1 Å². The number of hydrogen-bond donors (Lipinski definition) is 7. The second-order valence-electron chi connectivity index (χ2n) is 10.5. The normalized spacial score (nSPS) is 35.1. The Hall–Kier alpha value is -2.36. The molecule has 3 unspecified atom stereocenters. The molecule has 7 N–H and O–H groups in total. The molecule has 4 aliphatic heterocycles. The molecule has 0 aliphatic carbocycles. The van der Waals surface area contributed by atoms with E-state index in [1.165, 1.54) is 0 Å². The Morgan fingerprint density at radius 1 is 0.757 bits per heavy atom. The summed E-state index contributed by atoms with van der Waals surface area (Å²) in [6, 6.07) is 0. The molecule has 14 nitrogen and oxygen atoms in total. The highest BCUT2D eigenvalue weighted by Gasteiger charge is 2.59. The minimum atomic E-state index is -0.914. The van der Waals surface area contributed by atoms with Crippen molar-refractivity contribution in [1.82, 2.24) is 41.3 Å². The first-order valence-corrected chi connectivity index (χ1v) is 13.2. The second kappa shape index (κ2) is 12.0. The number of amides is 2. The van der Waals surface area contributed by atoms with Crippen LogP contribution in [0.3, 0.4) is 0 Å². The molecule has 4 aliphatic rings. The standard InChI is InChI=1S/C23H40N8O6/c32-17(3-1-5-19(34)35)27-22-13-24-7-10-29-15-23(28-18(33)4-2-6-20(36)37)16-30(11-8-25-14-22)21(29)31(23)12-9-26-22/h21,24-26H,1-16H2,(H,27,32)(H,28,33)(H,34,35)(H,36,37)/t21-,22+,23+. The zero-order valence-electron chi connectivity index (χ0n) is 21.3. The van der Waals surface area contributed by atoms with Gasteiger partial charge in [-0.3, -0.25) is 34.3 Å². The van der Waals surface area contributed by atoms with Gasteiger partial charge in [0.1, 0.15) is 17.6 Å². The third kappa shape index (κ3) is 6.75. The number of nitrogens with one attached hydrogen (secondary N) is 5. The number of carbonyl (C=O) groups excluding carboxylic acids is 2. The minimum Gasteiger partial charge on any atom is -0.481 e. The molecule has 0 radical (unpaired) electrons. The van der Waals surface area contributed by atoms with Crippen molar-refractivity contribution in [3.8, 4) is 0 Å². The van der Waals surface area contributed by atoms with Gasteiger partial charge in [0.25, 0.3) is 0 Å². The maximum atomic E-state index is 12.9. The van der Waals surface area contributed by atoms with Crippen LogP contribution in [-0.2, 0) is 19.2 Å². The predicted molar refractivity (Wildman–Crippen MR) is 132 cm³/mol. The van der Waals surface area contributed by atoms with E-state index in [1.807, 2.05) is 0 Å². The molecule has 208 valence electrons. The number of aliphatic carboxylic acids is 2. The van der Waals surface area contributed by atoms with Crippen molar-refractivity contribution in [3.63, 3.8) is 0 Å². The smallest absolute Gasteiger partial charge is 0.303 e. The van der Waals surface area contributed by atoms with Crippen molar-refractivity contribution in [2.45, 2.75) is 56.1 Å². The monoisotopic (exact) mass is 524 g/mol. The molecule has 4 fully saturated rings. The Kier molecular flexibility index (Phi) is 8.98. The summed E-state index contributed by atoms with van der Waals surface area (Å²) in [4.78, 5) is 54.4. The predicted octanol–water partition coefficient (Wildman–Crippen LogP) is -2.87. The molecule has 14 heteroatoms. The molecular formula is C23H40N8O6. The van der Waals surface area contributed by atoms with E-state index in [4.69, 9.17) is 10.2 Å². The van der Waals surface area contributed by atoms with Crippen LogP contribution in [0.4, 0.5) is 0 Å². The first-order valence-electron chi connectivity index (χ1n) is 13.2. The van der Waals surface area contributed by atoms with Crippen molar-refractivity contribution in [3.05, 3.63) is 0 Å². The third-order valence-electron chi connectivity index (χ3n) is 7.57. The van der Waals surface area contributed by atoms with E-state index in [9.17, 15) is 19.2 Å². The fraction of sp³-hybridized carbons (Fsp3) is 0.826. The number of nitrogens with zero attached hydrogens (tertiary/aromatic N) is 3. The van der Waals surface area contributed by atoms with Gasteiger partial charge >= 0.3 is 11.9 Å². The maximum absolute atomic E-state index is 12.9. The van der Waals surface area contributed by atoms with Crippen LogP contribution < -0.4 is 26.6 Å². The molecule has 2 amide bonds. The average Bonchev–Trinajstić information content (AvgIpc) is 3.23. The van der Waals surface area contributed by atoms with Crippen LogP contribution in [0.5, 0.6) is 0 Å². The van der Waals surface area contributed by atoms with Crippen LogP contribution in [0.15, 0.2) is 0 Å². The van der Waals surface area contributed by atoms with Crippen molar-refractivity contribution < 1.29 is 29.4 Å². The van der Waals surface area contributed by atoms with Crippen molar-refractivity contribution in [2.75, 3.05) is 65.4 Å². The number of rotatable bonds is 10. The number of fused-ring (bicyclic) bond motifs is 3. The molecule has 4 saturated heterocycles. The van der Waals surface area contributed by atoms with Crippen LogP contribution >= 0.6 is 0 Å². The lowest BCUT2D eigenvalue weighted by Gasteiger charge is -2.41. The lowest BCUT2D eigenvalue weighted by atomic mass is 10.1. The van der Waals surface area contributed by atoms with E-state index in [0.29, 0.717) is 58.8 Å². The van der Waals surface area contributed by atoms with Crippen LogP contribution in [0, 0.1) is 0 Å². The summed E-state index contributed by atoms with van der Waals surface area (Å²) in [6.07, 6.45) is 0.867. The number of carboxylic acid groups (broad SMARTS) is 2. The fourth-order valence-corrected chi connectivity index (χ4v) is 6.02. The highest BCUT2D eigenvalue weighted by atomic mass is 16.4. The van der Waals surface area contributed by atoms with Crippen molar-refractivity contribution >= 4 is 23.8 Å². The Balaban J connectivity index is 1.48. The summed E-state index contributed by atoms with van der Waals surface area (Å²) in [5.74, 6) is -2.15. The van der Waals surface area contributed by atoms with E-state index in [-0.39, 0.29) is 50.2 Å². The van der Waals surface area contributed by atoms with Gasteiger partial charge in [-0.15, -0.1) is 0 Å². The quantitative estimate of drug-likeness (QED) is 0.156. The van der Waals surface area contributed by atoms with E-state index in [2.05, 4.69) is 41.3 Å². The van der Waals surface area contributed by atoms with E-state index in [0.717, 1.165) is 13.1 Å². The zero-order chi connectivity index (χ0) is 26.5. The molecule has 0 aromatic heterocycles. The lowest BCUT2D eigenvalue weighted by molar-refractivity contribution is -0.138. The lowest BCUT2D eigenvalue weighted by Crippen LogP contribution is -2.70. The van der Waals surface area contributed by atoms with Gasteiger partial charge in [-0.2, -0.15) is 0 Å². The molecule has 4 heterocycles. The van der Waals surface area contributed by atoms with Gasteiger partial charge < -0.3 is 31.5 Å². The molecule has 3 atom stereocenters. The highest BCUT2D eigenvalue weighted by molar-refractivity contribution is 5.78. The van der Waals surface area contributed by atoms with Gasteiger partial charge in [0.15, 0.2) is 0 Å². The maximum Gasteiger partial charge on any atom is 0.303 e. The van der Waals surface area contributed by atoms with Gasteiger partial charge in [-0.1, -0.05) is 0 Å². The first kappa shape index (κ1) is 27.7. The molecular weight excluding hydrogens is 484 g/mol. The van der Waals surface area contributed by atoms with Crippen LogP contribution in [0.25, 0.3) is 0 Å². The summed E-state index contributed by atoms with van der Waals surface area (Å²) >= 11 is 0. The Bertz CT molecular complexity index is 850. The average molecular weight is 525 g/mol. The van der Waals surface area contributed by atoms with Gasteiger partial charge in [-0.05, 0) is 12.8 Å². The molecule has 0 spiro atoms. The van der Waals surface area contributed by atoms with E-state index < -0.39 is 23.3 Å². The molecule has 0 saturated carbocycles. The highest BCUT2D eigenvalue weighted by Crippen LogP contribution is 2.38. The second-order valence-corrected chi connectivity index (χ2v) is 10.5. The van der Waals surface area contributed by atoms with Crippen LogP contribution in [-0.4, -0.2) is 132 Å². The summed E-state index contributed by atoms with van der Waals surface area (Å²) < 4.78 is 0. The third-order valence-corrected chi connectivity index (χ3v) is 7.57. The number of hydrogen-bond acceptors (Lipinski definition) is 10. The fourth-order valence-electron chi connectivity index (χ4n) is 6.02. The minimum absolute atomic E-state index is 0.0314. The van der Waals surface area contributed by atoms with E-state index >= 15 is 0 Å². The van der Waals surface area contributed by atoms with Gasteiger partial charge in [-0.25, -0.2) is 4.90 Å². The molecule has 37 heavy (non-hydrogen) atoms. The van der Waals surface area contributed by atoms with Gasteiger partial charge in [0.2, 0.25) is 11.8 Å². The first-order chi connectivity index (χ1) is 17.7. The van der Waals surface area contributed by atoms with Crippen LogP contribution in [0.1, 0.15) is 38.5 Å². The van der Waals surface area contributed by atoms with Crippen molar-refractivity contribution in [1.29, 1.82) is 0 Å². The molecule has 6 bridgehead atoms. The van der Waals surface area contributed by atoms with Gasteiger partial charge in [0.05, 0.1) is 0 Å². The number of carbonyl (C=O) groups is 4. The Labute approximate surface area is 216 Å². The Morgan fingerprint density at radius 2 is 1.30 bits per heavy atom. The molecule has 0 aromatic carbocycles. The summed E-state index contributed by atoms with van der Waals surface area (Å²) in [7, 11) is 0. The molecule has 4 rings (SSSR count). The summed E-state index contributed by atoms with van der Waals surface area (Å²) in [5.41, 5.74) is -1.30.